The van der Waals surface area contributed by atoms with Gasteiger partial charge in [-0.15, -0.1) is 0 Å². The third kappa shape index (κ3) is 4.28. The summed E-state index contributed by atoms with van der Waals surface area (Å²) in [5.41, 5.74) is 0. The van der Waals surface area contributed by atoms with E-state index in [1.807, 2.05) is 6.92 Å². The van der Waals surface area contributed by atoms with Gasteiger partial charge in [-0.25, -0.2) is 9.78 Å². The van der Waals surface area contributed by atoms with Gasteiger partial charge in [-0.2, -0.15) is 4.37 Å². The Morgan fingerprint density at radius 3 is 2.62 bits per heavy atom. The number of rotatable bonds is 5. The van der Waals surface area contributed by atoms with Crippen LogP contribution in [-0.4, -0.2) is 64.1 Å². The fourth-order valence-corrected chi connectivity index (χ4v) is 2.81. The number of aryl methyl sites for hydroxylation is 1. The van der Waals surface area contributed by atoms with Gasteiger partial charge in [0.25, 0.3) is 0 Å². The molecule has 2 rings (SSSR count). The zero-order chi connectivity index (χ0) is 15.2. The number of nitrogens with one attached hydrogen (secondary N) is 1. The molecule has 0 aliphatic carbocycles. The largest absolute Gasteiger partial charge is 0.481 e. The summed E-state index contributed by atoms with van der Waals surface area (Å²) >= 11 is 1.39. The lowest BCUT2D eigenvalue weighted by atomic mass is 10.3. The van der Waals surface area contributed by atoms with E-state index in [-0.39, 0.29) is 19.0 Å². The number of hydrogen-bond acceptors (Lipinski definition) is 6. The first-order chi connectivity index (χ1) is 10.1. The summed E-state index contributed by atoms with van der Waals surface area (Å²) in [6, 6.07) is -0.206. The van der Waals surface area contributed by atoms with Gasteiger partial charge in [0.15, 0.2) is 0 Å². The molecule has 0 aromatic carbocycles. The molecule has 1 saturated heterocycles. The molecule has 0 bridgehead atoms. The van der Waals surface area contributed by atoms with E-state index in [2.05, 4.69) is 19.6 Å². The summed E-state index contributed by atoms with van der Waals surface area (Å²) in [6.45, 7) is 4.80. The van der Waals surface area contributed by atoms with Gasteiger partial charge in [-0.3, -0.25) is 4.79 Å². The number of carboxylic acid groups (broad SMARTS) is 1. The molecule has 116 valence electrons. The van der Waals surface area contributed by atoms with Gasteiger partial charge in [-0.05, 0) is 0 Å². The number of urea groups is 1. The van der Waals surface area contributed by atoms with Crippen LogP contribution in [0.4, 0.5) is 9.93 Å². The number of hydrogen-bond donors (Lipinski definition) is 2. The SMILES string of the molecule is CCc1nsc(N2CCN(C(=O)NCCC(=O)O)CC2)n1. The molecule has 1 aliphatic heterocycles. The van der Waals surface area contributed by atoms with Crippen LogP contribution in [-0.2, 0) is 11.2 Å². The van der Waals surface area contributed by atoms with Gasteiger partial charge in [0.2, 0.25) is 5.13 Å². The molecule has 2 heterocycles. The first-order valence-electron chi connectivity index (χ1n) is 6.92. The van der Waals surface area contributed by atoms with Gasteiger partial charge >= 0.3 is 12.0 Å². The Hall–Kier alpha value is -1.90. The number of carboxylic acids is 1. The Morgan fingerprint density at radius 2 is 2.05 bits per heavy atom. The van der Waals surface area contributed by atoms with E-state index in [1.54, 1.807) is 4.90 Å². The molecule has 0 unspecified atom stereocenters. The highest BCUT2D eigenvalue weighted by Gasteiger charge is 2.22. The summed E-state index contributed by atoms with van der Waals surface area (Å²) in [5, 5.41) is 12.1. The van der Waals surface area contributed by atoms with Crippen molar-refractivity contribution in [2.24, 2.45) is 0 Å². The third-order valence-electron chi connectivity index (χ3n) is 3.23. The van der Waals surface area contributed by atoms with Crippen LogP contribution in [0.25, 0.3) is 0 Å². The monoisotopic (exact) mass is 313 g/mol. The standard InChI is InChI=1S/C12H19N5O3S/c1-2-9-14-12(21-15-9)17-7-5-16(6-8-17)11(20)13-4-3-10(18)19/h2-8H2,1H3,(H,13,20)(H,18,19). The first kappa shape index (κ1) is 15.5. The van der Waals surface area contributed by atoms with Crippen LogP contribution in [0.15, 0.2) is 0 Å². The molecule has 1 aliphatic rings. The van der Waals surface area contributed by atoms with Crippen molar-refractivity contribution in [1.82, 2.24) is 19.6 Å². The lowest BCUT2D eigenvalue weighted by Gasteiger charge is -2.34. The molecule has 0 atom stereocenters. The van der Waals surface area contributed by atoms with Crippen LogP contribution in [0.5, 0.6) is 0 Å². The molecule has 1 aromatic heterocycles. The Balaban J connectivity index is 1.77. The molecular weight excluding hydrogens is 294 g/mol. The average Bonchev–Trinajstić information content (AvgIpc) is 2.96. The highest BCUT2D eigenvalue weighted by atomic mass is 32.1. The van der Waals surface area contributed by atoms with Crippen LogP contribution in [0, 0.1) is 0 Å². The number of aliphatic carboxylic acids is 1. The molecule has 0 saturated carbocycles. The number of carbonyl (C=O) groups excluding carboxylic acids is 1. The van der Waals surface area contributed by atoms with Crippen LogP contribution < -0.4 is 10.2 Å². The van der Waals surface area contributed by atoms with Crippen molar-refractivity contribution < 1.29 is 14.7 Å². The van der Waals surface area contributed by atoms with E-state index in [4.69, 9.17) is 5.11 Å². The van der Waals surface area contributed by atoms with Crippen molar-refractivity contribution in [3.63, 3.8) is 0 Å². The lowest BCUT2D eigenvalue weighted by molar-refractivity contribution is -0.136. The van der Waals surface area contributed by atoms with Crippen molar-refractivity contribution in [1.29, 1.82) is 0 Å². The summed E-state index contributed by atoms with van der Waals surface area (Å²) < 4.78 is 4.26. The average molecular weight is 313 g/mol. The third-order valence-corrected chi connectivity index (χ3v) is 4.04. The Bertz CT molecular complexity index is 499. The van der Waals surface area contributed by atoms with Gasteiger partial charge in [0.05, 0.1) is 6.42 Å². The van der Waals surface area contributed by atoms with Gasteiger partial charge in [0.1, 0.15) is 5.82 Å². The number of nitrogens with zero attached hydrogens (tertiary/aromatic N) is 4. The molecule has 1 aromatic rings. The summed E-state index contributed by atoms with van der Waals surface area (Å²) in [5.74, 6) is -0.0630. The maximum absolute atomic E-state index is 11.9. The molecular formula is C12H19N5O3S. The van der Waals surface area contributed by atoms with E-state index < -0.39 is 5.97 Å². The van der Waals surface area contributed by atoms with Crippen molar-refractivity contribution in [3.05, 3.63) is 5.82 Å². The Labute approximate surface area is 126 Å². The van der Waals surface area contributed by atoms with Crippen molar-refractivity contribution in [3.8, 4) is 0 Å². The Kier molecular flexibility index (Phi) is 5.32. The van der Waals surface area contributed by atoms with E-state index >= 15 is 0 Å². The zero-order valence-electron chi connectivity index (χ0n) is 11.9. The first-order valence-corrected chi connectivity index (χ1v) is 7.69. The second-order valence-electron chi connectivity index (χ2n) is 4.70. The molecule has 0 radical (unpaired) electrons. The topological polar surface area (TPSA) is 98.7 Å². The summed E-state index contributed by atoms with van der Waals surface area (Å²) in [4.78, 5) is 30.5. The van der Waals surface area contributed by atoms with Gasteiger partial charge in [-0.1, -0.05) is 6.92 Å². The normalized spacial score (nSPS) is 15.1. The Morgan fingerprint density at radius 1 is 1.33 bits per heavy atom. The van der Waals surface area contributed by atoms with Crippen LogP contribution >= 0.6 is 11.5 Å². The smallest absolute Gasteiger partial charge is 0.317 e. The molecule has 2 amide bonds. The lowest BCUT2D eigenvalue weighted by Crippen LogP contribution is -2.52. The van der Waals surface area contributed by atoms with E-state index in [9.17, 15) is 9.59 Å². The predicted octanol–water partition coefficient (Wildman–Crippen LogP) is 0.407. The van der Waals surface area contributed by atoms with E-state index in [1.165, 1.54) is 11.5 Å². The van der Waals surface area contributed by atoms with Crippen LogP contribution in [0.1, 0.15) is 19.2 Å². The van der Waals surface area contributed by atoms with E-state index in [0.29, 0.717) is 26.2 Å². The van der Waals surface area contributed by atoms with Crippen molar-refractivity contribution in [2.45, 2.75) is 19.8 Å². The minimum atomic E-state index is -0.914. The second kappa shape index (κ2) is 7.21. The number of aromatic nitrogens is 2. The maximum Gasteiger partial charge on any atom is 0.317 e. The fourth-order valence-electron chi connectivity index (χ4n) is 2.01. The number of carbonyl (C=O) groups is 2. The van der Waals surface area contributed by atoms with Gasteiger partial charge < -0.3 is 20.2 Å². The van der Waals surface area contributed by atoms with Crippen LogP contribution in [0.2, 0.25) is 0 Å². The minimum absolute atomic E-state index is 0.0592. The van der Waals surface area contributed by atoms with Crippen molar-refractivity contribution >= 4 is 28.7 Å². The molecule has 9 heteroatoms. The highest BCUT2D eigenvalue weighted by molar-refractivity contribution is 7.09. The number of anilines is 1. The zero-order valence-corrected chi connectivity index (χ0v) is 12.7. The molecule has 0 spiro atoms. The fraction of sp³-hybridized carbons (Fsp3) is 0.667. The summed E-state index contributed by atoms with van der Waals surface area (Å²) in [6.07, 6.45) is 0.763. The van der Waals surface area contributed by atoms with E-state index in [0.717, 1.165) is 17.4 Å². The number of amides is 2. The quantitative estimate of drug-likeness (QED) is 0.817. The summed E-state index contributed by atoms with van der Waals surface area (Å²) in [7, 11) is 0. The number of piperazine rings is 1. The van der Waals surface area contributed by atoms with Gasteiger partial charge in [0, 0.05) is 50.7 Å². The second-order valence-corrected chi connectivity index (χ2v) is 5.43. The molecule has 2 N–H and O–H groups in total. The minimum Gasteiger partial charge on any atom is -0.481 e. The predicted molar refractivity (Wildman–Crippen MR) is 78.7 cm³/mol. The van der Waals surface area contributed by atoms with Crippen molar-refractivity contribution in [2.75, 3.05) is 37.6 Å². The molecule has 8 nitrogen and oxygen atoms in total. The van der Waals surface area contributed by atoms with Crippen LogP contribution in [0.3, 0.4) is 0 Å². The molecule has 21 heavy (non-hydrogen) atoms. The highest BCUT2D eigenvalue weighted by Crippen LogP contribution is 2.19. The maximum atomic E-state index is 11.9. The molecule has 1 fully saturated rings.